The van der Waals surface area contributed by atoms with E-state index in [9.17, 15) is 4.79 Å². The summed E-state index contributed by atoms with van der Waals surface area (Å²) in [4.78, 5) is 19.4. The third kappa shape index (κ3) is 3.16. The Labute approximate surface area is 158 Å². The molecule has 1 saturated carbocycles. The molecule has 2 aliphatic rings. The first-order valence-electron chi connectivity index (χ1n) is 9.78. The van der Waals surface area contributed by atoms with Gasteiger partial charge in [-0.05, 0) is 56.4 Å². The highest BCUT2D eigenvalue weighted by Gasteiger charge is 2.26. The number of hydrogen-bond acceptors (Lipinski definition) is 4. The van der Waals surface area contributed by atoms with Crippen LogP contribution in [-0.4, -0.2) is 34.2 Å². The van der Waals surface area contributed by atoms with Crippen LogP contribution in [-0.2, 0) is 0 Å². The lowest BCUT2D eigenvalue weighted by Gasteiger charge is -2.30. The minimum absolute atomic E-state index is 0.186. The van der Waals surface area contributed by atoms with Crippen molar-refractivity contribution in [1.82, 2.24) is 15.2 Å². The molecular formula is C21H23N5O. The van der Waals surface area contributed by atoms with E-state index in [1.807, 2.05) is 30.6 Å². The summed E-state index contributed by atoms with van der Waals surface area (Å²) in [6, 6.07) is 8.01. The van der Waals surface area contributed by atoms with Gasteiger partial charge in [0.1, 0.15) is 0 Å². The largest absolute Gasteiger partial charge is 0.371 e. The molecule has 2 fully saturated rings. The molecule has 6 heteroatoms. The number of piperidine rings is 1. The molecule has 2 N–H and O–H groups in total. The summed E-state index contributed by atoms with van der Waals surface area (Å²) < 4.78 is 0. The van der Waals surface area contributed by atoms with Gasteiger partial charge in [-0.25, -0.2) is 0 Å². The molecule has 0 radical (unpaired) electrons. The lowest BCUT2D eigenvalue weighted by atomic mass is 10.0. The first kappa shape index (κ1) is 16.3. The Morgan fingerprint density at radius 3 is 2.78 bits per heavy atom. The maximum Gasteiger partial charge on any atom is 0.276 e. The van der Waals surface area contributed by atoms with Gasteiger partial charge in [0.2, 0.25) is 0 Å². The Kier molecular flexibility index (Phi) is 4.03. The van der Waals surface area contributed by atoms with E-state index in [4.69, 9.17) is 0 Å². The van der Waals surface area contributed by atoms with Crippen molar-refractivity contribution in [2.24, 2.45) is 0 Å². The summed E-state index contributed by atoms with van der Waals surface area (Å²) in [5, 5.41) is 12.3. The van der Waals surface area contributed by atoms with Gasteiger partial charge < -0.3 is 10.2 Å². The quantitative estimate of drug-likeness (QED) is 0.734. The van der Waals surface area contributed by atoms with Crippen molar-refractivity contribution in [2.45, 2.75) is 38.0 Å². The van der Waals surface area contributed by atoms with E-state index in [2.05, 4.69) is 31.5 Å². The van der Waals surface area contributed by atoms with E-state index in [0.717, 1.165) is 35.2 Å². The molecule has 3 heterocycles. The smallest absolute Gasteiger partial charge is 0.276 e. The van der Waals surface area contributed by atoms with Gasteiger partial charge in [-0.15, -0.1) is 0 Å². The Morgan fingerprint density at radius 1 is 1.11 bits per heavy atom. The zero-order chi connectivity index (χ0) is 18.2. The maximum atomic E-state index is 12.7. The second-order valence-electron chi connectivity index (χ2n) is 7.54. The third-order valence-electron chi connectivity index (χ3n) is 5.59. The third-order valence-corrected chi connectivity index (χ3v) is 5.59. The molecule has 1 saturated heterocycles. The van der Waals surface area contributed by atoms with Crippen LogP contribution in [0.5, 0.6) is 0 Å². The van der Waals surface area contributed by atoms with Gasteiger partial charge in [0.15, 0.2) is 5.69 Å². The zero-order valence-corrected chi connectivity index (χ0v) is 15.2. The molecule has 0 bridgehead atoms. The van der Waals surface area contributed by atoms with Crippen LogP contribution >= 0.6 is 0 Å². The number of H-pyrrole nitrogens is 1. The fourth-order valence-corrected chi connectivity index (χ4v) is 3.94. The molecule has 2 aromatic heterocycles. The first-order valence-corrected chi connectivity index (χ1v) is 9.78. The highest BCUT2D eigenvalue weighted by Crippen LogP contribution is 2.39. The van der Waals surface area contributed by atoms with Crippen LogP contribution in [0.1, 0.15) is 54.2 Å². The van der Waals surface area contributed by atoms with Crippen LogP contribution in [0.25, 0.3) is 10.8 Å². The predicted molar refractivity (Wildman–Crippen MR) is 106 cm³/mol. The van der Waals surface area contributed by atoms with Crippen molar-refractivity contribution < 1.29 is 4.79 Å². The van der Waals surface area contributed by atoms with Crippen molar-refractivity contribution in [2.75, 3.05) is 23.3 Å². The van der Waals surface area contributed by atoms with Gasteiger partial charge in [-0.1, -0.05) is 0 Å². The lowest BCUT2D eigenvalue weighted by Crippen LogP contribution is -2.29. The fraction of sp³-hybridized carbons (Fsp3) is 0.381. The first-order chi connectivity index (χ1) is 13.3. The summed E-state index contributed by atoms with van der Waals surface area (Å²) in [6.07, 6.45) is 9.77. The Hall–Kier alpha value is -2.89. The second-order valence-corrected chi connectivity index (χ2v) is 7.54. The second kappa shape index (κ2) is 6.68. The SMILES string of the molecule is O=C(Nc1ccc(N2CCCCC2)c2ccncc12)c1cc(C2CC2)[nH]n1. The average Bonchev–Trinajstić information content (AvgIpc) is 3.45. The van der Waals surface area contributed by atoms with Crippen molar-refractivity contribution >= 4 is 28.1 Å². The number of aromatic nitrogens is 3. The molecule has 27 heavy (non-hydrogen) atoms. The molecule has 6 nitrogen and oxygen atoms in total. The Balaban J connectivity index is 1.45. The topological polar surface area (TPSA) is 73.9 Å². The van der Waals surface area contributed by atoms with E-state index < -0.39 is 0 Å². The van der Waals surface area contributed by atoms with Crippen molar-refractivity contribution in [1.29, 1.82) is 0 Å². The van der Waals surface area contributed by atoms with Crippen LogP contribution in [0.3, 0.4) is 0 Å². The molecule has 0 spiro atoms. The van der Waals surface area contributed by atoms with Gasteiger partial charge in [0.25, 0.3) is 5.91 Å². The standard InChI is InChI=1S/C21H23N5O/c27-21(19-12-18(24-25-19)14-4-5-14)23-17-6-7-20(26-10-2-1-3-11-26)15-8-9-22-13-16(15)17/h6-9,12-14H,1-5,10-11H2,(H,23,27)(H,24,25). The number of nitrogens with zero attached hydrogens (tertiary/aromatic N) is 3. The number of fused-ring (bicyclic) bond motifs is 1. The predicted octanol–water partition coefficient (Wildman–Crippen LogP) is 4.08. The number of anilines is 2. The molecule has 0 unspecified atom stereocenters. The van der Waals surface area contributed by atoms with Crippen molar-refractivity contribution in [3.63, 3.8) is 0 Å². The van der Waals surface area contributed by atoms with E-state index in [1.54, 1.807) is 0 Å². The molecule has 3 aromatic rings. The number of carbonyl (C=O) groups is 1. The molecule has 1 amide bonds. The van der Waals surface area contributed by atoms with Crippen LogP contribution in [0.2, 0.25) is 0 Å². The lowest BCUT2D eigenvalue weighted by molar-refractivity contribution is 0.102. The van der Waals surface area contributed by atoms with E-state index in [-0.39, 0.29) is 5.91 Å². The van der Waals surface area contributed by atoms with Crippen LogP contribution < -0.4 is 10.2 Å². The van der Waals surface area contributed by atoms with Gasteiger partial charge in [-0.2, -0.15) is 5.10 Å². The minimum atomic E-state index is -0.186. The van der Waals surface area contributed by atoms with Gasteiger partial charge >= 0.3 is 0 Å². The highest BCUT2D eigenvalue weighted by atomic mass is 16.1. The number of nitrogens with one attached hydrogen (secondary N) is 2. The number of pyridine rings is 1. The van der Waals surface area contributed by atoms with E-state index >= 15 is 0 Å². The maximum absolute atomic E-state index is 12.7. The molecule has 1 aromatic carbocycles. The molecule has 1 aliphatic heterocycles. The number of amides is 1. The highest BCUT2D eigenvalue weighted by molar-refractivity contribution is 6.10. The molecule has 0 atom stereocenters. The summed E-state index contributed by atoms with van der Waals surface area (Å²) >= 11 is 0. The van der Waals surface area contributed by atoms with Gasteiger partial charge in [-0.3, -0.25) is 14.9 Å². The van der Waals surface area contributed by atoms with Gasteiger partial charge in [0.05, 0.1) is 5.69 Å². The summed E-state index contributed by atoms with van der Waals surface area (Å²) in [5.74, 6) is 0.363. The van der Waals surface area contributed by atoms with Crippen LogP contribution in [0.4, 0.5) is 11.4 Å². The number of hydrogen-bond donors (Lipinski definition) is 2. The van der Waals surface area contributed by atoms with Crippen molar-refractivity contribution in [3.8, 4) is 0 Å². The van der Waals surface area contributed by atoms with E-state index in [1.165, 1.54) is 37.8 Å². The Morgan fingerprint density at radius 2 is 1.96 bits per heavy atom. The van der Waals surface area contributed by atoms with Crippen LogP contribution in [0.15, 0.2) is 36.7 Å². The van der Waals surface area contributed by atoms with Crippen LogP contribution in [0, 0.1) is 0 Å². The monoisotopic (exact) mass is 361 g/mol. The van der Waals surface area contributed by atoms with Crippen molar-refractivity contribution in [3.05, 3.63) is 48.0 Å². The number of aromatic amines is 1. The molecule has 5 rings (SSSR count). The fourth-order valence-electron chi connectivity index (χ4n) is 3.94. The summed E-state index contributed by atoms with van der Waals surface area (Å²) in [5.41, 5.74) is 3.50. The average molecular weight is 361 g/mol. The number of carbonyl (C=O) groups excluding carboxylic acids is 1. The minimum Gasteiger partial charge on any atom is -0.371 e. The summed E-state index contributed by atoms with van der Waals surface area (Å²) in [7, 11) is 0. The molecule has 138 valence electrons. The summed E-state index contributed by atoms with van der Waals surface area (Å²) in [6.45, 7) is 2.17. The van der Waals surface area contributed by atoms with E-state index in [0.29, 0.717) is 11.6 Å². The normalized spacial score (nSPS) is 17.3. The number of rotatable bonds is 4. The Bertz CT molecular complexity index is 985. The molecule has 1 aliphatic carbocycles. The number of benzene rings is 1. The van der Waals surface area contributed by atoms with Gasteiger partial charge in [0, 0.05) is 53.6 Å². The zero-order valence-electron chi connectivity index (χ0n) is 15.2. The molecular weight excluding hydrogens is 338 g/mol.